The zero-order valence-electron chi connectivity index (χ0n) is 18.7. The van der Waals surface area contributed by atoms with Crippen LogP contribution < -0.4 is 33.2 Å². The zero-order valence-corrected chi connectivity index (χ0v) is 20.4. The molecule has 0 aliphatic carbocycles. The average molecular weight is 524 g/mol. The third-order valence-electron chi connectivity index (χ3n) is 4.36. The van der Waals surface area contributed by atoms with E-state index in [1.165, 1.54) is 11.8 Å². The van der Waals surface area contributed by atoms with Gasteiger partial charge in [0.15, 0.2) is 5.96 Å². The highest BCUT2D eigenvalue weighted by Crippen LogP contribution is 2.05. The second-order valence-electron chi connectivity index (χ2n) is 7.14. The Bertz CT molecular complexity index is 750. The number of rotatable bonds is 17. The van der Waals surface area contributed by atoms with Crippen LogP contribution >= 0.6 is 24.4 Å². The van der Waals surface area contributed by atoms with Gasteiger partial charge >= 0.3 is 11.9 Å². The molecule has 0 bridgehead atoms. The van der Waals surface area contributed by atoms with Gasteiger partial charge in [0.2, 0.25) is 17.7 Å². The number of thiol groups is 1. The van der Waals surface area contributed by atoms with Crippen LogP contribution in [0.4, 0.5) is 0 Å². The molecule has 0 saturated carbocycles. The van der Waals surface area contributed by atoms with Gasteiger partial charge in [-0.2, -0.15) is 24.4 Å². The van der Waals surface area contributed by atoms with Crippen molar-refractivity contribution >= 4 is 60.0 Å². The lowest BCUT2D eigenvalue weighted by Crippen LogP contribution is -2.57. The monoisotopic (exact) mass is 523 g/mol. The number of thioether (sulfide) groups is 1. The lowest BCUT2D eigenvalue weighted by atomic mass is 10.1. The van der Waals surface area contributed by atoms with Gasteiger partial charge in [-0.1, -0.05) is 0 Å². The molecule has 0 aromatic heterocycles. The molecule has 34 heavy (non-hydrogen) atoms. The van der Waals surface area contributed by atoms with Crippen molar-refractivity contribution in [2.45, 2.75) is 49.9 Å². The number of aliphatic carboxylic acids is 2. The minimum atomic E-state index is -1.69. The van der Waals surface area contributed by atoms with Crippen LogP contribution in [0, 0.1) is 0 Å². The molecule has 4 atom stereocenters. The minimum Gasteiger partial charge on any atom is -0.481 e. The van der Waals surface area contributed by atoms with Gasteiger partial charge in [-0.25, -0.2) is 4.79 Å². The highest BCUT2D eigenvalue weighted by molar-refractivity contribution is 7.98. The van der Waals surface area contributed by atoms with Gasteiger partial charge < -0.3 is 43.4 Å². The number of amides is 3. The largest absolute Gasteiger partial charge is 0.481 e. The van der Waals surface area contributed by atoms with Crippen molar-refractivity contribution in [1.82, 2.24) is 16.0 Å². The number of guanidine groups is 1. The van der Waals surface area contributed by atoms with Crippen molar-refractivity contribution in [3.05, 3.63) is 0 Å². The molecule has 0 fully saturated rings. The summed E-state index contributed by atoms with van der Waals surface area (Å²) in [5, 5.41) is 24.9. The van der Waals surface area contributed by atoms with E-state index in [9.17, 15) is 24.0 Å². The SMILES string of the molecule is CSCCC(NC(=O)C(N)CCCN=C(N)N)C(=O)NC(CS)C(=O)NC(CC(=O)O)C(=O)O. The number of nitrogens with zero attached hydrogens (tertiary/aromatic N) is 1. The number of carboxylic acids is 2. The second-order valence-corrected chi connectivity index (χ2v) is 8.49. The Morgan fingerprint density at radius 2 is 1.50 bits per heavy atom. The molecule has 0 rings (SSSR count). The molecule has 16 heteroatoms. The second kappa shape index (κ2) is 16.8. The molecular weight excluding hydrogens is 490 g/mol. The van der Waals surface area contributed by atoms with E-state index in [1.54, 1.807) is 0 Å². The quantitative estimate of drug-likeness (QED) is 0.0403. The summed E-state index contributed by atoms with van der Waals surface area (Å²) in [6, 6.07) is -4.90. The standard InChI is InChI=1S/C18H33N7O7S2/c1-34-6-4-10(23-14(28)9(19)3-2-5-22-18(20)21)15(29)25-12(8-33)16(30)24-11(17(31)32)7-13(26)27/h9-12,33H,2-8,19H2,1H3,(H,23,28)(H,24,30)(H,25,29)(H,26,27)(H,31,32)(H4,20,21,22). The van der Waals surface area contributed by atoms with Crippen molar-refractivity contribution in [3.63, 3.8) is 0 Å². The molecule has 0 aromatic rings. The van der Waals surface area contributed by atoms with Gasteiger partial charge in [0.1, 0.15) is 18.1 Å². The molecule has 0 saturated heterocycles. The van der Waals surface area contributed by atoms with E-state index in [-0.39, 0.29) is 31.1 Å². The Balaban J connectivity index is 5.13. The minimum absolute atomic E-state index is 0.0766. The predicted octanol–water partition coefficient (Wildman–Crippen LogP) is -2.94. The fraction of sp³-hybridized carbons (Fsp3) is 0.667. The number of carboxylic acid groups (broad SMARTS) is 2. The fourth-order valence-electron chi connectivity index (χ4n) is 2.55. The van der Waals surface area contributed by atoms with Crippen LogP contribution in [-0.4, -0.2) is 94.3 Å². The molecular formula is C18H33N7O7S2. The topological polar surface area (TPSA) is 252 Å². The van der Waals surface area contributed by atoms with Crippen LogP contribution in [0.2, 0.25) is 0 Å². The van der Waals surface area contributed by atoms with E-state index in [4.69, 9.17) is 27.4 Å². The molecule has 0 spiro atoms. The van der Waals surface area contributed by atoms with Gasteiger partial charge in [0.05, 0.1) is 12.5 Å². The maximum Gasteiger partial charge on any atom is 0.326 e. The number of hydrogen-bond donors (Lipinski definition) is 9. The Kier molecular flexibility index (Phi) is 15.5. The van der Waals surface area contributed by atoms with E-state index in [2.05, 4.69) is 33.6 Å². The molecule has 0 aliphatic heterocycles. The maximum absolute atomic E-state index is 12.8. The summed E-state index contributed by atoms with van der Waals surface area (Å²) < 4.78 is 0. The first-order valence-corrected chi connectivity index (χ1v) is 12.2. The number of hydrogen-bond acceptors (Lipinski definition) is 9. The van der Waals surface area contributed by atoms with Gasteiger partial charge in [0, 0.05) is 12.3 Å². The van der Waals surface area contributed by atoms with Crippen LogP contribution in [0.15, 0.2) is 4.99 Å². The molecule has 0 heterocycles. The Hall–Kier alpha value is -2.72. The molecule has 194 valence electrons. The van der Waals surface area contributed by atoms with Crippen molar-refractivity contribution in [2.75, 3.05) is 24.3 Å². The highest BCUT2D eigenvalue weighted by Gasteiger charge is 2.30. The summed E-state index contributed by atoms with van der Waals surface area (Å²) in [6.07, 6.45) is 1.90. The van der Waals surface area contributed by atoms with Crippen LogP contribution in [0.3, 0.4) is 0 Å². The highest BCUT2D eigenvalue weighted by atomic mass is 32.2. The summed E-state index contributed by atoms with van der Waals surface area (Å²) in [5.41, 5.74) is 16.3. The van der Waals surface area contributed by atoms with Gasteiger partial charge in [0.25, 0.3) is 0 Å². The van der Waals surface area contributed by atoms with Crippen molar-refractivity contribution in [3.8, 4) is 0 Å². The first-order chi connectivity index (χ1) is 15.9. The molecule has 3 amide bonds. The number of carbonyl (C=O) groups excluding carboxylic acids is 3. The number of nitrogens with one attached hydrogen (secondary N) is 3. The van der Waals surface area contributed by atoms with Gasteiger partial charge in [-0.15, -0.1) is 0 Å². The van der Waals surface area contributed by atoms with E-state index in [1.807, 2.05) is 6.26 Å². The van der Waals surface area contributed by atoms with Crippen molar-refractivity contribution in [2.24, 2.45) is 22.2 Å². The van der Waals surface area contributed by atoms with Gasteiger partial charge in [-0.05, 0) is 31.3 Å². The first-order valence-electron chi connectivity index (χ1n) is 10.2. The summed E-state index contributed by atoms with van der Waals surface area (Å²) >= 11 is 5.43. The Morgan fingerprint density at radius 1 is 0.941 bits per heavy atom. The normalized spacial score (nSPS) is 14.1. The lowest BCUT2D eigenvalue weighted by molar-refractivity contribution is -0.147. The number of carbonyl (C=O) groups is 5. The molecule has 4 unspecified atom stereocenters. The number of aliphatic imine (C=N–C) groups is 1. The third-order valence-corrected chi connectivity index (χ3v) is 5.37. The third kappa shape index (κ3) is 13.1. The average Bonchev–Trinajstić information content (AvgIpc) is 2.76. The zero-order chi connectivity index (χ0) is 26.3. The smallest absolute Gasteiger partial charge is 0.326 e. The van der Waals surface area contributed by atoms with Crippen LogP contribution in [0.25, 0.3) is 0 Å². The van der Waals surface area contributed by atoms with Crippen LogP contribution in [-0.2, 0) is 24.0 Å². The Labute approximate surface area is 206 Å². The maximum atomic E-state index is 12.8. The number of nitrogens with two attached hydrogens (primary N) is 3. The molecule has 0 aromatic carbocycles. The van der Waals surface area contributed by atoms with Crippen molar-refractivity contribution < 1.29 is 34.2 Å². The van der Waals surface area contributed by atoms with E-state index in [0.29, 0.717) is 12.2 Å². The molecule has 11 N–H and O–H groups in total. The van der Waals surface area contributed by atoms with Crippen LogP contribution in [0.1, 0.15) is 25.7 Å². The van der Waals surface area contributed by atoms with E-state index in [0.717, 1.165) is 0 Å². The molecule has 0 aliphatic rings. The van der Waals surface area contributed by atoms with E-state index >= 15 is 0 Å². The molecule has 14 nitrogen and oxygen atoms in total. The summed E-state index contributed by atoms with van der Waals surface area (Å²) in [6.45, 7) is 0.289. The molecule has 0 radical (unpaired) electrons. The van der Waals surface area contributed by atoms with Crippen molar-refractivity contribution in [1.29, 1.82) is 0 Å². The summed E-state index contributed by atoms with van der Waals surface area (Å²) in [5.74, 6) is -4.94. The van der Waals surface area contributed by atoms with Gasteiger partial charge in [-0.3, -0.25) is 24.2 Å². The Morgan fingerprint density at radius 3 is 2.00 bits per heavy atom. The van der Waals surface area contributed by atoms with Crippen LogP contribution in [0.5, 0.6) is 0 Å². The lowest BCUT2D eigenvalue weighted by Gasteiger charge is -2.24. The first kappa shape index (κ1) is 31.3. The summed E-state index contributed by atoms with van der Waals surface area (Å²) in [4.78, 5) is 63.4. The fourth-order valence-corrected chi connectivity index (χ4v) is 3.28. The van der Waals surface area contributed by atoms with E-state index < -0.39 is 60.2 Å². The summed E-state index contributed by atoms with van der Waals surface area (Å²) in [7, 11) is 0. The predicted molar refractivity (Wildman–Crippen MR) is 130 cm³/mol.